The molecule has 6 heteroatoms. The van der Waals surface area contributed by atoms with Crippen molar-refractivity contribution in [2.75, 3.05) is 38.2 Å². The first-order valence-electron chi connectivity index (χ1n) is 6.61. The van der Waals surface area contributed by atoms with Crippen LogP contribution in [0.4, 0.5) is 0 Å². The first kappa shape index (κ1) is 15.5. The third-order valence-electron chi connectivity index (χ3n) is 3.26. The van der Waals surface area contributed by atoms with Crippen molar-refractivity contribution in [3.63, 3.8) is 0 Å². The van der Waals surface area contributed by atoms with E-state index in [0.717, 1.165) is 30.2 Å². The number of thioether (sulfide) groups is 1. The van der Waals surface area contributed by atoms with Gasteiger partial charge in [-0.05, 0) is 17.7 Å². The Kier molecular flexibility index (Phi) is 6.01. The van der Waals surface area contributed by atoms with E-state index in [1.807, 2.05) is 36.0 Å². The summed E-state index contributed by atoms with van der Waals surface area (Å²) in [5.74, 6) is 2.82. The minimum absolute atomic E-state index is 0.119. The van der Waals surface area contributed by atoms with Gasteiger partial charge in [0.1, 0.15) is 6.10 Å². The summed E-state index contributed by atoms with van der Waals surface area (Å²) in [5.41, 5.74) is 7.06. The van der Waals surface area contributed by atoms with E-state index in [9.17, 15) is 0 Å². The van der Waals surface area contributed by atoms with Crippen LogP contribution in [0.15, 0.2) is 29.3 Å². The summed E-state index contributed by atoms with van der Waals surface area (Å²) < 4.78 is 5.49. The maximum Gasteiger partial charge on any atom is 0.191 e. The van der Waals surface area contributed by atoms with E-state index in [0.29, 0.717) is 17.5 Å². The van der Waals surface area contributed by atoms with E-state index in [4.69, 9.17) is 22.1 Å². The molecule has 1 atom stereocenters. The summed E-state index contributed by atoms with van der Waals surface area (Å²) in [5, 5.41) is 0.703. The van der Waals surface area contributed by atoms with Gasteiger partial charge in [0, 0.05) is 36.7 Å². The Labute approximate surface area is 129 Å². The standard InChI is InChI=1S/C14H20ClN3OS/c1-19-13(11-3-2-4-12(15)9-11)10-17-14(16)18-5-7-20-8-6-18/h2-4,9,13H,5-8,10H2,1H3,(H2,16,17). The molecule has 0 radical (unpaired) electrons. The fourth-order valence-corrected chi connectivity index (χ4v) is 3.19. The van der Waals surface area contributed by atoms with Crippen LogP contribution in [0.3, 0.4) is 0 Å². The Balaban J connectivity index is 1.99. The predicted octanol–water partition coefficient (Wildman–Crippen LogP) is 2.39. The summed E-state index contributed by atoms with van der Waals surface area (Å²) in [7, 11) is 1.68. The molecule has 1 aliphatic heterocycles. The summed E-state index contributed by atoms with van der Waals surface area (Å²) in [6.07, 6.45) is -0.119. The van der Waals surface area contributed by atoms with E-state index in [1.54, 1.807) is 7.11 Å². The highest BCUT2D eigenvalue weighted by atomic mass is 35.5. The van der Waals surface area contributed by atoms with Gasteiger partial charge in [-0.1, -0.05) is 23.7 Å². The lowest BCUT2D eigenvalue weighted by molar-refractivity contribution is 0.110. The lowest BCUT2D eigenvalue weighted by Crippen LogP contribution is -2.42. The predicted molar refractivity (Wildman–Crippen MR) is 86.6 cm³/mol. The third kappa shape index (κ3) is 4.30. The molecule has 1 heterocycles. The smallest absolute Gasteiger partial charge is 0.191 e. The molecule has 20 heavy (non-hydrogen) atoms. The van der Waals surface area contributed by atoms with Crippen LogP contribution in [0.25, 0.3) is 0 Å². The largest absolute Gasteiger partial charge is 0.375 e. The fraction of sp³-hybridized carbons (Fsp3) is 0.500. The second-order valence-electron chi connectivity index (χ2n) is 4.58. The molecule has 1 aliphatic rings. The van der Waals surface area contributed by atoms with Crippen LogP contribution >= 0.6 is 23.4 Å². The first-order chi connectivity index (χ1) is 9.70. The summed E-state index contributed by atoms with van der Waals surface area (Å²) in [6.45, 7) is 2.44. The van der Waals surface area contributed by atoms with E-state index < -0.39 is 0 Å². The molecule has 2 rings (SSSR count). The molecule has 1 aromatic rings. The molecule has 0 aliphatic carbocycles. The normalized spacial score (nSPS) is 18.1. The zero-order valence-corrected chi connectivity index (χ0v) is 13.2. The van der Waals surface area contributed by atoms with Crippen LogP contribution in [-0.4, -0.2) is 49.1 Å². The molecule has 2 N–H and O–H groups in total. The third-order valence-corrected chi connectivity index (χ3v) is 4.44. The molecule has 110 valence electrons. The van der Waals surface area contributed by atoms with Crippen LogP contribution in [0.2, 0.25) is 5.02 Å². The number of benzene rings is 1. The molecular weight excluding hydrogens is 294 g/mol. The minimum atomic E-state index is -0.119. The van der Waals surface area contributed by atoms with Gasteiger partial charge in [-0.25, -0.2) is 0 Å². The van der Waals surface area contributed by atoms with Crippen molar-refractivity contribution in [1.82, 2.24) is 4.90 Å². The van der Waals surface area contributed by atoms with Crippen LogP contribution in [0, 0.1) is 0 Å². The van der Waals surface area contributed by atoms with Gasteiger partial charge in [0.25, 0.3) is 0 Å². The maximum atomic E-state index is 6.04. The monoisotopic (exact) mass is 313 g/mol. The molecule has 0 aromatic heterocycles. The summed E-state index contributed by atoms with van der Waals surface area (Å²) >= 11 is 7.96. The van der Waals surface area contributed by atoms with E-state index in [1.165, 1.54) is 0 Å². The first-order valence-corrected chi connectivity index (χ1v) is 8.15. The Morgan fingerprint density at radius 1 is 1.50 bits per heavy atom. The number of nitrogens with zero attached hydrogens (tertiary/aromatic N) is 2. The molecule has 1 unspecified atom stereocenters. The van der Waals surface area contributed by atoms with Crippen LogP contribution in [0.1, 0.15) is 11.7 Å². The average molecular weight is 314 g/mol. The lowest BCUT2D eigenvalue weighted by Gasteiger charge is -2.27. The lowest BCUT2D eigenvalue weighted by atomic mass is 10.1. The second-order valence-corrected chi connectivity index (χ2v) is 6.24. The maximum absolute atomic E-state index is 6.04. The number of hydrogen-bond donors (Lipinski definition) is 1. The molecule has 0 amide bonds. The van der Waals surface area contributed by atoms with Crippen molar-refractivity contribution in [1.29, 1.82) is 0 Å². The SMILES string of the molecule is COC(CN=C(N)N1CCSCC1)c1cccc(Cl)c1. The Bertz CT molecular complexity index is 463. The number of methoxy groups -OCH3 is 1. The molecule has 0 bridgehead atoms. The van der Waals surface area contributed by atoms with Gasteiger partial charge in [0.15, 0.2) is 5.96 Å². The van der Waals surface area contributed by atoms with E-state index in [-0.39, 0.29) is 6.10 Å². The summed E-state index contributed by atoms with van der Waals surface area (Å²) in [6, 6.07) is 7.65. The van der Waals surface area contributed by atoms with Gasteiger partial charge < -0.3 is 15.4 Å². The average Bonchev–Trinajstić information content (AvgIpc) is 2.48. The molecule has 1 fully saturated rings. The summed E-state index contributed by atoms with van der Waals surface area (Å²) in [4.78, 5) is 6.59. The molecule has 0 spiro atoms. The van der Waals surface area contributed by atoms with Gasteiger partial charge in [0.05, 0.1) is 6.54 Å². The van der Waals surface area contributed by atoms with Gasteiger partial charge in [-0.15, -0.1) is 0 Å². The van der Waals surface area contributed by atoms with Crippen LogP contribution < -0.4 is 5.73 Å². The van der Waals surface area contributed by atoms with E-state index in [2.05, 4.69) is 9.89 Å². The van der Waals surface area contributed by atoms with Gasteiger partial charge in [-0.2, -0.15) is 11.8 Å². The van der Waals surface area contributed by atoms with Crippen molar-refractivity contribution in [3.05, 3.63) is 34.9 Å². The second kappa shape index (κ2) is 7.76. The Morgan fingerprint density at radius 3 is 2.90 bits per heavy atom. The Hall–Kier alpha value is -0.910. The molecule has 1 saturated heterocycles. The fourth-order valence-electron chi connectivity index (χ4n) is 2.09. The van der Waals surface area contributed by atoms with Gasteiger partial charge in [0.2, 0.25) is 0 Å². The Morgan fingerprint density at radius 2 is 2.25 bits per heavy atom. The number of aliphatic imine (C=N–C) groups is 1. The van der Waals surface area contributed by atoms with E-state index >= 15 is 0 Å². The number of rotatable bonds is 4. The van der Waals surface area contributed by atoms with Gasteiger partial charge in [-0.3, -0.25) is 4.99 Å². The van der Waals surface area contributed by atoms with Crippen molar-refractivity contribution in [3.8, 4) is 0 Å². The number of guanidine groups is 1. The number of hydrogen-bond acceptors (Lipinski definition) is 3. The molecular formula is C14H20ClN3OS. The topological polar surface area (TPSA) is 50.9 Å². The number of halogens is 1. The van der Waals surface area contributed by atoms with Gasteiger partial charge >= 0.3 is 0 Å². The number of nitrogens with two attached hydrogens (primary N) is 1. The van der Waals surface area contributed by atoms with Crippen LogP contribution in [-0.2, 0) is 4.74 Å². The van der Waals surface area contributed by atoms with Crippen molar-refractivity contribution < 1.29 is 4.74 Å². The zero-order valence-electron chi connectivity index (χ0n) is 11.6. The molecule has 1 aromatic carbocycles. The zero-order chi connectivity index (χ0) is 14.4. The highest BCUT2D eigenvalue weighted by Crippen LogP contribution is 2.20. The highest BCUT2D eigenvalue weighted by molar-refractivity contribution is 7.99. The minimum Gasteiger partial charge on any atom is -0.375 e. The quantitative estimate of drug-likeness (QED) is 0.685. The number of ether oxygens (including phenoxy) is 1. The van der Waals surface area contributed by atoms with Crippen LogP contribution in [0.5, 0.6) is 0 Å². The van der Waals surface area contributed by atoms with Crippen molar-refractivity contribution >= 4 is 29.3 Å². The van der Waals surface area contributed by atoms with Crippen molar-refractivity contribution in [2.24, 2.45) is 10.7 Å². The molecule has 0 saturated carbocycles. The molecule has 4 nitrogen and oxygen atoms in total. The van der Waals surface area contributed by atoms with Crippen molar-refractivity contribution in [2.45, 2.75) is 6.10 Å². The highest BCUT2D eigenvalue weighted by Gasteiger charge is 2.14.